The normalized spacial score (nSPS) is 10.8. The van der Waals surface area contributed by atoms with E-state index in [1.807, 2.05) is 30.3 Å². The van der Waals surface area contributed by atoms with Crippen LogP contribution < -0.4 is 5.32 Å². The molecule has 0 radical (unpaired) electrons. The molecule has 128 valence electrons. The zero-order valence-corrected chi connectivity index (χ0v) is 15.0. The van der Waals surface area contributed by atoms with Crippen LogP contribution in [0.3, 0.4) is 0 Å². The Bertz CT molecular complexity index is 1070. The molecule has 0 atom stereocenters. The number of imidazole rings is 1. The fourth-order valence-corrected chi connectivity index (χ4v) is 2.94. The van der Waals surface area contributed by atoms with Crippen LogP contribution in [0.15, 0.2) is 66.7 Å². The van der Waals surface area contributed by atoms with Crippen molar-refractivity contribution in [1.29, 1.82) is 0 Å². The Kier molecular flexibility index (Phi) is 4.37. The zero-order valence-electron chi connectivity index (χ0n) is 13.5. The van der Waals surface area contributed by atoms with Crippen LogP contribution in [0.2, 0.25) is 10.0 Å². The first-order chi connectivity index (χ1) is 12.6. The number of hydrogen-bond acceptors (Lipinski definition) is 2. The van der Waals surface area contributed by atoms with Crippen LogP contribution >= 0.6 is 23.2 Å². The first-order valence-corrected chi connectivity index (χ1v) is 8.67. The lowest BCUT2D eigenvalue weighted by molar-refractivity contribution is 0.102. The minimum atomic E-state index is -0.259. The molecule has 0 aliphatic rings. The smallest absolute Gasteiger partial charge is 0.255 e. The molecule has 4 aromatic rings. The molecule has 1 heterocycles. The highest BCUT2D eigenvalue weighted by molar-refractivity contribution is 6.34. The molecule has 0 saturated heterocycles. The molecular weight excluding hydrogens is 369 g/mol. The molecule has 0 spiro atoms. The second kappa shape index (κ2) is 6.83. The van der Waals surface area contributed by atoms with Crippen LogP contribution in [-0.2, 0) is 0 Å². The number of carbonyl (C=O) groups is 1. The monoisotopic (exact) mass is 381 g/mol. The second-order valence-electron chi connectivity index (χ2n) is 5.76. The molecule has 0 aliphatic carbocycles. The number of carbonyl (C=O) groups excluding carboxylic acids is 1. The highest BCUT2D eigenvalue weighted by Gasteiger charge is 2.12. The number of amides is 1. The third-order valence-electron chi connectivity index (χ3n) is 3.98. The van der Waals surface area contributed by atoms with E-state index in [0.29, 0.717) is 27.1 Å². The van der Waals surface area contributed by atoms with Gasteiger partial charge in [0.1, 0.15) is 5.82 Å². The van der Waals surface area contributed by atoms with E-state index in [9.17, 15) is 4.79 Å². The van der Waals surface area contributed by atoms with Crippen LogP contribution in [0.5, 0.6) is 0 Å². The summed E-state index contributed by atoms with van der Waals surface area (Å²) >= 11 is 12.1. The van der Waals surface area contributed by atoms with Crippen LogP contribution in [0.1, 0.15) is 10.4 Å². The predicted octanol–water partition coefficient (Wildman–Crippen LogP) is 5.79. The number of rotatable bonds is 3. The molecule has 0 saturated carbocycles. The van der Waals surface area contributed by atoms with Crippen molar-refractivity contribution in [2.24, 2.45) is 0 Å². The van der Waals surface area contributed by atoms with Gasteiger partial charge in [-0.1, -0.05) is 35.3 Å². The molecule has 4 nitrogen and oxygen atoms in total. The third kappa shape index (κ3) is 3.29. The van der Waals surface area contributed by atoms with Crippen LogP contribution in [-0.4, -0.2) is 15.9 Å². The van der Waals surface area contributed by atoms with Gasteiger partial charge in [-0.3, -0.25) is 4.79 Å². The number of nitrogens with one attached hydrogen (secondary N) is 2. The molecule has 26 heavy (non-hydrogen) atoms. The summed E-state index contributed by atoms with van der Waals surface area (Å²) in [6, 6.07) is 19.8. The number of para-hydroxylation sites is 2. The number of aromatic amines is 1. The van der Waals surface area contributed by atoms with Gasteiger partial charge < -0.3 is 10.3 Å². The van der Waals surface area contributed by atoms with E-state index in [4.69, 9.17) is 23.2 Å². The van der Waals surface area contributed by atoms with Crippen molar-refractivity contribution in [2.45, 2.75) is 0 Å². The molecule has 0 aliphatic heterocycles. The molecule has 0 unspecified atom stereocenters. The molecular formula is C20H13Cl2N3O. The first kappa shape index (κ1) is 16.6. The van der Waals surface area contributed by atoms with Crippen molar-refractivity contribution in [3.8, 4) is 11.4 Å². The van der Waals surface area contributed by atoms with E-state index in [1.54, 1.807) is 36.4 Å². The van der Waals surface area contributed by atoms with Gasteiger partial charge in [0.05, 0.1) is 21.7 Å². The van der Waals surface area contributed by atoms with Gasteiger partial charge in [-0.05, 0) is 54.6 Å². The highest BCUT2D eigenvalue weighted by Crippen LogP contribution is 2.29. The molecule has 4 rings (SSSR count). The minimum absolute atomic E-state index is 0.259. The lowest BCUT2D eigenvalue weighted by Crippen LogP contribution is -2.12. The van der Waals surface area contributed by atoms with Crippen molar-refractivity contribution in [3.63, 3.8) is 0 Å². The third-order valence-corrected chi connectivity index (χ3v) is 4.57. The molecule has 1 aromatic heterocycles. The molecule has 1 amide bonds. The molecule has 2 N–H and O–H groups in total. The maximum absolute atomic E-state index is 12.4. The fraction of sp³-hybridized carbons (Fsp3) is 0. The van der Waals surface area contributed by atoms with Crippen molar-refractivity contribution >= 4 is 45.8 Å². The van der Waals surface area contributed by atoms with E-state index < -0.39 is 0 Å². The summed E-state index contributed by atoms with van der Waals surface area (Å²) in [5.41, 5.74) is 3.68. The standard InChI is InChI=1S/C20H13Cl2N3O/c21-14-8-5-12(6-9-14)20(26)25-18-11-13(7-10-15(18)22)19-23-16-3-1-2-4-17(16)24-19/h1-11H,(H,23,24)(H,25,26). The summed E-state index contributed by atoms with van der Waals surface area (Å²) in [7, 11) is 0. The van der Waals surface area contributed by atoms with Crippen molar-refractivity contribution in [1.82, 2.24) is 9.97 Å². The Morgan fingerprint density at radius 1 is 0.962 bits per heavy atom. The number of H-pyrrole nitrogens is 1. The van der Waals surface area contributed by atoms with E-state index in [-0.39, 0.29) is 5.91 Å². The van der Waals surface area contributed by atoms with Gasteiger partial charge in [-0.25, -0.2) is 4.98 Å². The summed E-state index contributed by atoms with van der Waals surface area (Å²) < 4.78 is 0. The Morgan fingerprint density at radius 2 is 1.73 bits per heavy atom. The van der Waals surface area contributed by atoms with Crippen LogP contribution in [0.4, 0.5) is 5.69 Å². The lowest BCUT2D eigenvalue weighted by atomic mass is 10.1. The zero-order chi connectivity index (χ0) is 18.1. The topological polar surface area (TPSA) is 57.8 Å². The Balaban J connectivity index is 1.65. The Morgan fingerprint density at radius 3 is 2.50 bits per heavy atom. The molecule has 6 heteroatoms. The number of nitrogens with zero attached hydrogens (tertiary/aromatic N) is 1. The van der Waals surface area contributed by atoms with E-state index in [2.05, 4.69) is 15.3 Å². The highest BCUT2D eigenvalue weighted by atomic mass is 35.5. The quantitative estimate of drug-likeness (QED) is 0.471. The van der Waals surface area contributed by atoms with Gasteiger partial charge in [-0.2, -0.15) is 0 Å². The van der Waals surface area contributed by atoms with E-state index in [1.165, 1.54) is 0 Å². The SMILES string of the molecule is O=C(Nc1cc(-c2nc3ccccc3[nH]2)ccc1Cl)c1ccc(Cl)cc1. The van der Waals surface area contributed by atoms with Crippen molar-refractivity contribution in [2.75, 3.05) is 5.32 Å². The molecule has 0 fully saturated rings. The summed E-state index contributed by atoms with van der Waals surface area (Å²) in [4.78, 5) is 20.3. The first-order valence-electron chi connectivity index (χ1n) is 7.92. The average Bonchev–Trinajstić information content (AvgIpc) is 3.08. The summed E-state index contributed by atoms with van der Waals surface area (Å²) in [6.45, 7) is 0. The number of aromatic nitrogens is 2. The van der Waals surface area contributed by atoms with Gasteiger partial charge >= 0.3 is 0 Å². The van der Waals surface area contributed by atoms with Gasteiger partial charge in [0.25, 0.3) is 5.91 Å². The summed E-state index contributed by atoms with van der Waals surface area (Å²) in [5.74, 6) is 0.454. The number of anilines is 1. The number of benzene rings is 3. The maximum atomic E-state index is 12.4. The average molecular weight is 382 g/mol. The van der Waals surface area contributed by atoms with Crippen molar-refractivity contribution in [3.05, 3.63) is 82.3 Å². The van der Waals surface area contributed by atoms with E-state index in [0.717, 1.165) is 16.6 Å². The van der Waals surface area contributed by atoms with Crippen LogP contribution in [0, 0.1) is 0 Å². The van der Waals surface area contributed by atoms with Gasteiger partial charge in [0, 0.05) is 16.1 Å². The minimum Gasteiger partial charge on any atom is -0.338 e. The van der Waals surface area contributed by atoms with Crippen molar-refractivity contribution < 1.29 is 4.79 Å². The second-order valence-corrected chi connectivity index (χ2v) is 6.60. The maximum Gasteiger partial charge on any atom is 0.255 e. The number of hydrogen-bond donors (Lipinski definition) is 2. The largest absolute Gasteiger partial charge is 0.338 e. The molecule has 0 bridgehead atoms. The van der Waals surface area contributed by atoms with Gasteiger partial charge in [0.2, 0.25) is 0 Å². The Labute approximate surface area is 159 Å². The number of halogens is 2. The predicted molar refractivity (Wildman–Crippen MR) is 106 cm³/mol. The lowest BCUT2D eigenvalue weighted by Gasteiger charge is -2.09. The van der Waals surface area contributed by atoms with Crippen LogP contribution in [0.25, 0.3) is 22.4 Å². The van der Waals surface area contributed by atoms with Gasteiger partial charge in [0.15, 0.2) is 0 Å². The van der Waals surface area contributed by atoms with E-state index >= 15 is 0 Å². The number of fused-ring (bicyclic) bond motifs is 1. The van der Waals surface area contributed by atoms with Gasteiger partial charge in [-0.15, -0.1) is 0 Å². The summed E-state index contributed by atoms with van der Waals surface area (Å²) in [5, 5.41) is 3.86. The Hall–Kier alpha value is -2.82. The fourth-order valence-electron chi connectivity index (χ4n) is 2.65. The molecule has 3 aromatic carbocycles. The summed E-state index contributed by atoms with van der Waals surface area (Å²) in [6.07, 6.45) is 0.